The molecule has 1 aliphatic carbocycles. The van der Waals surface area contributed by atoms with Crippen LogP contribution in [0.15, 0.2) is 5.16 Å². The van der Waals surface area contributed by atoms with E-state index in [1.165, 1.54) is 43.9 Å². The van der Waals surface area contributed by atoms with E-state index in [1.54, 1.807) is 0 Å². The van der Waals surface area contributed by atoms with Gasteiger partial charge in [0.15, 0.2) is 5.16 Å². The topological polar surface area (TPSA) is 63.1 Å². The predicted octanol–water partition coefficient (Wildman–Crippen LogP) is 1.83. The van der Waals surface area contributed by atoms with E-state index in [2.05, 4.69) is 25.0 Å². The molecule has 1 saturated carbocycles. The highest BCUT2D eigenvalue weighted by Gasteiger charge is 2.32. The number of carbonyl (C=O) groups excluding carboxylic acids is 1. The van der Waals surface area contributed by atoms with Crippen LogP contribution in [0.5, 0.6) is 0 Å². The molecule has 0 spiro atoms. The van der Waals surface area contributed by atoms with Crippen molar-refractivity contribution >= 4 is 23.6 Å². The van der Waals surface area contributed by atoms with Crippen LogP contribution in [-0.4, -0.2) is 46.1 Å². The second-order valence-electron chi connectivity index (χ2n) is 5.67. The van der Waals surface area contributed by atoms with Gasteiger partial charge in [-0.05, 0) is 39.0 Å². The first kappa shape index (κ1) is 14.7. The third kappa shape index (κ3) is 3.51. The van der Waals surface area contributed by atoms with Gasteiger partial charge in [-0.15, -0.1) is 10.2 Å². The second kappa shape index (κ2) is 6.68. The third-order valence-corrected chi connectivity index (χ3v) is 4.85. The van der Waals surface area contributed by atoms with E-state index in [0.29, 0.717) is 18.3 Å². The maximum Gasteiger partial charge on any atom is 0.230 e. The SMILES string of the molecule is CCNC(=O)CSc1nnc(N2CCCCC2)n1C1CC1. The summed E-state index contributed by atoms with van der Waals surface area (Å²) < 4.78 is 2.26. The lowest BCUT2D eigenvalue weighted by molar-refractivity contribution is -0.118. The van der Waals surface area contributed by atoms with Crippen molar-refractivity contribution in [1.29, 1.82) is 0 Å². The van der Waals surface area contributed by atoms with Gasteiger partial charge in [0.05, 0.1) is 5.75 Å². The first-order valence-corrected chi connectivity index (χ1v) is 8.87. The molecule has 1 saturated heterocycles. The number of nitrogens with zero attached hydrogens (tertiary/aromatic N) is 4. The Kier molecular flexibility index (Phi) is 4.67. The molecule has 2 aliphatic rings. The predicted molar refractivity (Wildman–Crippen MR) is 83.8 cm³/mol. The Morgan fingerprint density at radius 3 is 2.71 bits per heavy atom. The quantitative estimate of drug-likeness (QED) is 0.812. The molecule has 0 unspecified atom stereocenters. The number of rotatable bonds is 6. The Labute approximate surface area is 129 Å². The van der Waals surface area contributed by atoms with Gasteiger partial charge < -0.3 is 10.2 Å². The van der Waals surface area contributed by atoms with Crippen LogP contribution in [-0.2, 0) is 4.79 Å². The lowest BCUT2D eigenvalue weighted by Gasteiger charge is -2.27. The van der Waals surface area contributed by atoms with Crippen molar-refractivity contribution in [2.45, 2.75) is 50.2 Å². The van der Waals surface area contributed by atoms with Gasteiger partial charge in [0.1, 0.15) is 0 Å². The van der Waals surface area contributed by atoms with Crippen LogP contribution < -0.4 is 10.2 Å². The highest BCUT2D eigenvalue weighted by molar-refractivity contribution is 7.99. The minimum absolute atomic E-state index is 0.0624. The van der Waals surface area contributed by atoms with Crippen molar-refractivity contribution in [1.82, 2.24) is 20.1 Å². The van der Waals surface area contributed by atoms with Crippen molar-refractivity contribution < 1.29 is 4.79 Å². The minimum atomic E-state index is 0.0624. The fraction of sp³-hybridized carbons (Fsp3) is 0.786. The molecule has 1 amide bonds. The molecule has 7 heteroatoms. The van der Waals surface area contributed by atoms with E-state index < -0.39 is 0 Å². The summed E-state index contributed by atoms with van der Waals surface area (Å²) in [7, 11) is 0. The Balaban J connectivity index is 1.71. The summed E-state index contributed by atoms with van der Waals surface area (Å²) in [6.07, 6.45) is 6.19. The molecule has 6 nitrogen and oxygen atoms in total. The summed E-state index contributed by atoms with van der Waals surface area (Å²) in [6.45, 7) is 4.76. The smallest absolute Gasteiger partial charge is 0.230 e. The molecule has 2 heterocycles. The van der Waals surface area contributed by atoms with E-state index in [4.69, 9.17) is 0 Å². The van der Waals surface area contributed by atoms with Crippen molar-refractivity contribution in [3.8, 4) is 0 Å². The zero-order chi connectivity index (χ0) is 14.7. The van der Waals surface area contributed by atoms with Gasteiger partial charge in [-0.2, -0.15) is 0 Å². The van der Waals surface area contributed by atoms with Gasteiger partial charge in [0.25, 0.3) is 0 Å². The number of hydrogen-bond donors (Lipinski definition) is 1. The van der Waals surface area contributed by atoms with E-state index in [9.17, 15) is 4.79 Å². The van der Waals surface area contributed by atoms with Gasteiger partial charge >= 0.3 is 0 Å². The number of piperidine rings is 1. The molecule has 2 fully saturated rings. The highest BCUT2D eigenvalue weighted by Crippen LogP contribution is 2.41. The molecule has 1 aliphatic heterocycles. The number of thioether (sulfide) groups is 1. The maximum absolute atomic E-state index is 11.6. The maximum atomic E-state index is 11.6. The fourth-order valence-electron chi connectivity index (χ4n) is 2.71. The summed E-state index contributed by atoms with van der Waals surface area (Å²) in [5.41, 5.74) is 0. The Bertz CT molecular complexity index is 494. The second-order valence-corrected chi connectivity index (χ2v) is 6.62. The van der Waals surface area contributed by atoms with Crippen LogP contribution in [0, 0.1) is 0 Å². The highest BCUT2D eigenvalue weighted by atomic mass is 32.2. The summed E-state index contributed by atoms with van der Waals surface area (Å²) >= 11 is 1.50. The molecule has 116 valence electrons. The molecule has 1 aromatic rings. The van der Waals surface area contributed by atoms with Crippen molar-refractivity contribution in [2.75, 3.05) is 30.3 Å². The molecule has 0 bridgehead atoms. The van der Waals surface area contributed by atoms with Crippen LogP contribution in [0.25, 0.3) is 0 Å². The van der Waals surface area contributed by atoms with E-state index in [0.717, 1.165) is 24.2 Å². The van der Waals surface area contributed by atoms with Crippen LogP contribution in [0.2, 0.25) is 0 Å². The summed E-state index contributed by atoms with van der Waals surface area (Å²) in [5, 5.41) is 12.5. The van der Waals surface area contributed by atoms with Gasteiger partial charge in [0.2, 0.25) is 11.9 Å². The third-order valence-electron chi connectivity index (χ3n) is 3.90. The fourth-order valence-corrected chi connectivity index (χ4v) is 3.54. The molecule has 3 rings (SSSR count). The van der Waals surface area contributed by atoms with Gasteiger partial charge in [-0.1, -0.05) is 11.8 Å². The zero-order valence-corrected chi connectivity index (χ0v) is 13.4. The van der Waals surface area contributed by atoms with Crippen molar-refractivity contribution in [3.63, 3.8) is 0 Å². The normalized spacial score (nSPS) is 18.8. The molecule has 0 radical (unpaired) electrons. The Morgan fingerprint density at radius 1 is 1.29 bits per heavy atom. The lowest BCUT2D eigenvalue weighted by Crippen LogP contribution is -2.32. The summed E-state index contributed by atoms with van der Waals surface area (Å²) in [6, 6.07) is 0.536. The number of aromatic nitrogens is 3. The van der Waals surface area contributed by atoms with Crippen LogP contribution in [0.4, 0.5) is 5.95 Å². The van der Waals surface area contributed by atoms with Crippen molar-refractivity contribution in [3.05, 3.63) is 0 Å². The zero-order valence-electron chi connectivity index (χ0n) is 12.5. The van der Waals surface area contributed by atoms with Crippen LogP contribution in [0.3, 0.4) is 0 Å². The Morgan fingerprint density at radius 2 is 2.05 bits per heavy atom. The van der Waals surface area contributed by atoms with Crippen molar-refractivity contribution in [2.24, 2.45) is 0 Å². The summed E-state index contributed by atoms with van der Waals surface area (Å²) in [4.78, 5) is 14.0. The van der Waals surface area contributed by atoms with Gasteiger partial charge in [-0.25, -0.2) is 0 Å². The number of hydrogen-bond acceptors (Lipinski definition) is 5. The first-order chi connectivity index (χ1) is 10.3. The van der Waals surface area contributed by atoms with Crippen LogP contribution in [0.1, 0.15) is 45.1 Å². The minimum Gasteiger partial charge on any atom is -0.356 e. The van der Waals surface area contributed by atoms with Gasteiger partial charge in [-0.3, -0.25) is 9.36 Å². The van der Waals surface area contributed by atoms with E-state index >= 15 is 0 Å². The summed E-state index contributed by atoms with van der Waals surface area (Å²) in [5.74, 6) is 1.49. The number of amides is 1. The molecule has 21 heavy (non-hydrogen) atoms. The number of nitrogens with one attached hydrogen (secondary N) is 1. The monoisotopic (exact) mass is 309 g/mol. The molecular formula is C14H23N5OS. The number of anilines is 1. The molecular weight excluding hydrogens is 286 g/mol. The molecule has 1 aromatic heterocycles. The first-order valence-electron chi connectivity index (χ1n) is 7.89. The van der Waals surface area contributed by atoms with Crippen LogP contribution >= 0.6 is 11.8 Å². The average molecular weight is 309 g/mol. The Hall–Kier alpha value is -1.24. The lowest BCUT2D eigenvalue weighted by atomic mass is 10.1. The number of carbonyl (C=O) groups is 1. The van der Waals surface area contributed by atoms with Gasteiger partial charge in [0, 0.05) is 25.7 Å². The van der Waals surface area contributed by atoms with E-state index in [-0.39, 0.29) is 5.91 Å². The average Bonchev–Trinajstić information content (AvgIpc) is 3.26. The largest absolute Gasteiger partial charge is 0.356 e. The molecule has 0 atom stereocenters. The molecule has 0 aromatic carbocycles. The molecule has 1 N–H and O–H groups in total. The van der Waals surface area contributed by atoms with E-state index in [1.807, 2.05) is 6.92 Å². The standard InChI is InChI=1S/C14H23N5OS/c1-2-15-12(20)10-21-14-17-16-13(19(14)11-6-7-11)18-8-4-3-5-9-18/h11H,2-10H2,1H3,(H,15,20).